The first-order valence-electron chi connectivity index (χ1n) is 6.49. The van der Waals surface area contributed by atoms with Gasteiger partial charge in [0.25, 0.3) is 0 Å². The summed E-state index contributed by atoms with van der Waals surface area (Å²) in [6.07, 6.45) is 5.24. The summed E-state index contributed by atoms with van der Waals surface area (Å²) in [5.74, 6) is -0.140. The third kappa shape index (κ3) is 5.91. The normalized spacial score (nSPS) is 12.2. The van der Waals surface area contributed by atoms with Crippen molar-refractivity contribution in [2.75, 3.05) is 19.1 Å². The molecular weight excluding hydrogens is 345 g/mol. The van der Waals surface area contributed by atoms with Crippen molar-refractivity contribution >= 4 is 52.9 Å². The smallest absolute Gasteiger partial charge is 0.328 e. The molecule has 0 aliphatic heterocycles. The van der Waals surface area contributed by atoms with E-state index in [-0.39, 0.29) is 0 Å². The monoisotopic (exact) mass is 361 g/mol. The van der Waals surface area contributed by atoms with Crippen LogP contribution in [0.4, 0.5) is 0 Å². The largest absolute Gasteiger partial charge is 0.467 e. The summed E-state index contributed by atoms with van der Waals surface area (Å²) < 4.78 is 4.68. The number of benzene rings is 1. The van der Waals surface area contributed by atoms with Crippen LogP contribution in [-0.2, 0) is 14.3 Å². The van der Waals surface area contributed by atoms with Crippen molar-refractivity contribution in [1.29, 1.82) is 0 Å². The maximum Gasteiger partial charge on any atom is 0.328 e. The second-order valence-electron chi connectivity index (χ2n) is 4.33. The number of hydrogen-bond acceptors (Lipinski definition) is 4. The molecule has 0 aliphatic rings. The quantitative estimate of drug-likeness (QED) is 0.597. The summed E-state index contributed by atoms with van der Waals surface area (Å²) in [6.45, 7) is 0. The minimum absolute atomic E-state index is 0.410. The molecule has 120 valence electrons. The van der Waals surface area contributed by atoms with E-state index in [1.807, 2.05) is 6.26 Å². The topological polar surface area (TPSA) is 55.4 Å². The lowest BCUT2D eigenvalue weighted by atomic mass is 10.2. The van der Waals surface area contributed by atoms with E-state index in [1.165, 1.54) is 19.3 Å². The summed E-state index contributed by atoms with van der Waals surface area (Å²) in [6, 6.07) is 4.41. The molecule has 0 unspecified atom stereocenters. The van der Waals surface area contributed by atoms with Gasteiger partial charge in [0.1, 0.15) is 6.04 Å². The molecule has 1 N–H and O–H groups in total. The van der Waals surface area contributed by atoms with Crippen LogP contribution < -0.4 is 5.32 Å². The summed E-state index contributed by atoms with van der Waals surface area (Å²) in [7, 11) is 1.29. The average molecular weight is 362 g/mol. The molecule has 1 aromatic rings. The first-order chi connectivity index (χ1) is 10.5. The number of methoxy groups -OCH3 is 1. The van der Waals surface area contributed by atoms with Gasteiger partial charge in [0.05, 0.1) is 7.11 Å². The number of esters is 1. The predicted molar refractivity (Wildman–Crippen MR) is 92.4 cm³/mol. The second kappa shape index (κ2) is 9.77. The molecule has 1 amide bonds. The van der Waals surface area contributed by atoms with Gasteiger partial charge in [-0.2, -0.15) is 11.8 Å². The van der Waals surface area contributed by atoms with E-state index in [0.29, 0.717) is 22.0 Å². The van der Waals surface area contributed by atoms with Crippen LogP contribution in [-0.4, -0.2) is 37.0 Å². The van der Waals surface area contributed by atoms with Gasteiger partial charge in [-0.05, 0) is 36.6 Å². The van der Waals surface area contributed by atoms with Gasteiger partial charge in [-0.25, -0.2) is 4.79 Å². The maximum absolute atomic E-state index is 11.9. The lowest BCUT2D eigenvalue weighted by molar-refractivity contribution is -0.144. The molecule has 1 aromatic carbocycles. The Labute approximate surface area is 144 Å². The summed E-state index contributed by atoms with van der Waals surface area (Å²) in [5.41, 5.74) is 0.555. The highest BCUT2D eigenvalue weighted by atomic mass is 35.5. The summed E-state index contributed by atoms with van der Waals surface area (Å²) >= 11 is 13.6. The molecule has 0 saturated carbocycles. The van der Waals surface area contributed by atoms with E-state index in [4.69, 9.17) is 23.2 Å². The van der Waals surface area contributed by atoms with Crippen LogP contribution in [0.1, 0.15) is 12.0 Å². The van der Waals surface area contributed by atoms with Gasteiger partial charge in [0.2, 0.25) is 5.91 Å². The fourth-order valence-electron chi connectivity index (χ4n) is 1.68. The first-order valence-corrected chi connectivity index (χ1v) is 8.64. The van der Waals surface area contributed by atoms with Crippen molar-refractivity contribution < 1.29 is 14.3 Å². The van der Waals surface area contributed by atoms with Crippen molar-refractivity contribution in [1.82, 2.24) is 5.32 Å². The number of nitrogens with one attached hydrogen (secondary N) is 1. The number of halogens is 2. The van der Waals surface area contributed by atoms with Gasteiger partial charge >= 0.3 is 5.97 Å². The van der Waals surface area contributed by atoms with Crippen LogP contribution >= 0.6 is 35.0 Å². The van der Waals surface area contributed by atoms with Crippen molar-refractivity contribution in [3.63, 3.8) is 0 Å². The van der Waals surface area contributed by atoms with Crippen LogP contribution in [0, 0.1) is 0 Å². The van der Waals surface area contributed by atoms with Crippen molar-refractivity contribution in [2.24, 2.45) is 0 Å². The van der Waals surface area contributed by atoms with E-state index in [0.717, 1.165) is 5.75 Å². The molecule has 0 bridgehead atoms. The molecule has 1 atom stereocenters. The van der Waals surface area contributed by atoms with Gasteiger partial charge in [0.15, 0.2) is 0 Å². The zero-order chi connectivity index (χ0) is 16.5. The molecular formula is C15H17Cl2NO3S. The van der Waals surface area contributed by atoms with Crippen molar-refractivity contribution in [2.45, 2.75) is 12.5 Å². The molecule has 0 radical (unpaired) electrons. The number of carbonyl (C=O) groups excluding carboxylic acids is 2. The van der Waals surface area contributed by atoms with E-state index >= 15 is 0 Å². The van der Waals surface area contributed by atoms with E-state index < -0.39 is 17.9 Å². The van der Waals surface area contributed by atoms with Crippen LogP contribution in [0.2, 0.25) is 10.0 Å². The fraction of sp³-hybridized carbons (Fsp3) is 0.333. The van der Waals surface area contributed by atoms with E-state index in [9.17, 15) is 9.59 Å². The molecule has 0 fully saturated rings. The number of thioether (sulfide) groups is 1. The molecule has 0 saturated heterocycles. The number of hydrogen-bond donors (Lipinski definition) is 1. The van der Waals surface area contributed by atoms with Crippen LogP contribution in [0.15, 0.2) is 24.3 Å². The lowest BCUT2D eigenvalue weighted by Crippen LogP contribution is -2.41. The Morgan fingerprint density at radius 1 is 1.36 bits per heavy atom. The highest BCUT2D eigenvalue weighted by Gasteiger charge is 2.19. The SMILES string of the molecule is COC(=O)[C@H](CCSC)NC(=O)/C=C/c1c(Cl)cccc1Cl. The van der Waals surface area contributed by atoms with Gasteiger partial charge in [0, 0.05) is 21.7 Å². The highest BCUT2D eigenvalue weighted by molar-refractivity contribution is 7.98. The molecule has 1 rings (SSSR count). The maximum atomic E-state index is 11.9. The molecule has 4 nitrogen and oxygen atoms in total. The van der Waals surface area contributed by atoms with Crippen LogP contribution in [0.3, 0.4) is 0 Å². The zero-order valence-electron chi connectivity index (χ0n) is 12.3. The molecule has 7 heteroatoms. The summed E-state index contributed by atoms with van der Waals surface area (Å²) in [5, 5.41) is 3.51. The fourth-order valence-corrected chi connectivity index (χ4v) is 2.67. The van der Waals surface area contributed by atoms with Gasteiger partial charge in [-0.15, -0.1) is 0 Å². The summed E-state index contributed by atoms with van der Waals surface area (Å²) in [4.78, 5) is 23.6. The van der Waals surface area contributed by atoms with E-state index in [1.54, 1.807) is 30.0 Å². The number of carbonyl (C=O) groups is 2. The zero-order valence-corrected chi connectivity index (χ0v) is 14.6. The minimum Gasteiger partial charge on any atom is -0.467 e. The Kier molecular flexibility index (Phi) is 8.38. The van der Waals surface area contributed by atoms with E-state index in [2.05, 4.69) is 10.1 Å². The number of amides is 1. The Balaban J connectivity index is 2.74. The molecule has 0 aliphatic carbocycles. The molecule has 0 spiro atoms. The molecule has 0 aromatic heterocycles. The Bertz CT molecular complexity index is 543. The molecule has 0 heterocycles. The highest BCUT2D eigenvalue weighted by Crippen LogP contribution is 2.25. The number of ether oxygens (including phenoxy) is 1. The van der Waals surface area contributed by atoms with Gasteiger partial charge in [-0.1, -0.05) is 29.3 Å². The minimum atomic E-state index is -0.670. The van der Waals surface area contributed by atoms with Crippen molar-refractivity contribution in [3.8, 4) is 0 Å². The van der Waals surface area contributed by atoms with Gasteiger partial charge < -0.3 is 10.1 Å². The lowest BCUT2D eigenvalue weighted by Gasteiger charge is -2.14. The molecule has 22 heavy (non-hydrogen) atoms. The standard InChI is InChI=1S/C15H17Cl2NO3S/c1-21-15(20)13(8-9-22-2)18-14(19)7-6-10-11(16)4-3-5-12(10)17/h3-7,13H,8-9H2,1-2H3,(H,18,19)/b7-6+/t13-/m0/s1. The second-order valence-corrected chi connectivity index (χ2v) is 6.13. The van der Waals surface area contributed by atoms with Crippen LogP contribution in [0.5, 0.6) is 0 Å². The van der Waals surface area contributed by atoms with Gasteiger partial charge in [-0.3, -0.25) is 4.79 Å². The third-order valence-electron chi connectivity index (χ3n) is 2.81. The van der Waals surface area contributed by atoms with Crippen LogP contribution in [0.25, 0.3) is 6.08 Å². The first kappa shape index (κ1) is 18.9. The Morgan fingerprint density at radius 2 is 2.00 bits per heavy atom. The average Bonchev–Trinajstić information content (AvgIpc) is 2.50. The third-order valence-corrected chi connectivity index (χ3v) is 4.12. The van der Waals surface area contributed by atoms with Crippen molar-refractivity contribution in [3.05, 3.63) is 39.9 Å². The number of rotatable bonds is 7. The Morgan fingerprint density at radius 3 is 2.55 bits per heavy atom. The Hall–Kier alpha value is -1.17. The predicted octanol–water partition coefficient (Wildman–Crippen LogP) is 3.42.